The molecule has 1 aliphatic heterocycles. The van der Waals surface area contributed by atoms with Crippen LogP contribution in [-0.4, -0.2) is 41.3 Å². The van der Waals surface area contributed by atoms with Crippen molar-refractivity contribution in [3.63, 3.8) is 0 Å². The van der Waals surface area contributed by atoms with E-state index in [0.29, 0.717) is 25.3 Å². The van der Waals surface area contributed by atoms with Crippen LogP contribution in [0.3, 0.4) is 0 Å². The van der Waals surface area contributed by atoms with Crippen LogP contribution < -0.4 is 0 Å². The van der Waals surface area contributed by atoms with E-state index >= 15 is 0 Å². The van der Waals surface area contributed by atoms with E-state index in [0.717, 1.165) is 22.4 Å². The first-order valence-corrected chi connectivity index (χ1v) is 8.89. The summed E-state index contributed by atoms with van der Waals surface area (Å²) in [6.45, 7) is 1.07. The lowest BCUT2D eigenvalue weighted by atomic mass is 9.96. The Morgan fingerprint density at radius 3 is 2.74 bits per heavy atom. The maximum atomic E-state index is 13.9. The summed E-state index contributed by atoms with van der Waals surface area (Å²) in [5.74, 6) is -0.444. The van der Waals surface area contributed by atoms with Gasteiger partial charge in [0.2, 0.25) is 0 Å². The Kier molecular flexibility index (Phi) is 4.73. The molecule has 5 nitrogen and oxygen atoms in total. The Labute approximate surface area is 156 Å². The lowest BCUT2D eigenvalue weighted by Crippen LogP contribution is -2.31. The van der Waals surface area contributed by atoms with Gasteiger partial charge in [-0.3, -0.25) is 9.89 Å². The summed E-state index contributed by atoms with van der Waals surface area (Å²) in [5.41, 5.74) is 3.65. The summed E-state index contributed by atoms with van der Waals surface area (Å²) < 4.78 is 19.1. The smallest absolute Gasteiger partial charge is 0.273 e. The molecule has 2 heterocycles. The van der Waals surface area contributed by atoms with Gasteiger partial charge in [-0.15, -0.1) is 0 Å². The number of ether oxygens (including phenoxy) is 1. The van der Waals surface area contributed by atoms with Gasteiger partial charge in [0.1, 0.15) is 11.5 Å². The van der Waals surface area contributed by atoms with Crippen molar-refractivity contribution in [2.24, 2.45) is 0 Å². The van der Waals surface area contributed by atoms with Gasteiger partial charge in [-0.25, -0.2) is 4.39 Å². The average Bonchev–Trinajstić information content (AvgIpc) is 3.22. The van der Waals surface area contributed by atoms with E-state index in [2.05, 4.69) is 10.2 Å². The summed E-state index contributed by atoms with van der Waals surface area (Å²) in [4.78, 5) is 14.8. The molecule has 4 rings (SSSR count). The van der Waals surface area contributed by atoms with Gasteiger partial charge < -0.3 is 9.64 Å². The molecule has 0 bridgehead atoms. The zero-order valence-electron chi connectivity index (χ0n) is 15.0. The molecule has 138 valence electrons. The quantitative estimate of drug-likeness (QED) is 0.676. The number of fused-ring (bicyclic) bond motifs is 1. The van der Waals surface area contributed by atoms with Crippen LogP contribution in [0.25, 0.3) is 11.3 Å². The Bertz CT molecular complexity index is 955. The van der Waals surface area contributed by atoms with Crippen molar-refractivity contribution >= 4 is 5.91 Å². The first-order valence-electron chi connectivity index (χ1n) is 8.89. The molecule has 2 aromatic carbocycles. The third-order valence-electron chi connectivity index (χ3n) is 4.82. The van der Waals surface area contributed by atoms with Crippen molar-refractivity contribution in [2.75, 3.05) is 20.3 Å². The molecule has 1 unspecified atom stereocenters. The SMILES string of the molecule is COCCCN1C(=O)c2[nH]nc(-c3ccccc3)c2C1c1cccc(F)c1. The Balaban J connectivity index is 1.82. The minimum atomic E-state index is -0.381. The molecule has 0 saturated heterocycles. The van der Waals surface area contributed by atoms with Crippen LogP contribution in [0, 0.1) is 5.82 Å². The number of aromatic nitrogens is 2. The number of aromatic amines is 1. The van der Waals surface area contributed by atoms with Crippen molar-refractivity contribution in [1.29, 1.82) is 0 Å². The number of halogens is 1. The second-order valence-electron chi connectivity index (χ2n) is 6.53. The third-order valence-corrected chi connectivity index (χ3v) is 4.82. The molecule has 1 amide bonds. The van der Waals surface area contributed by atoms with Crippen LogP contribution in [-0.2, 0) is 4.74 Å². The van der Waals surface area contributed by atoms with Gasteiger partial charge in [-0.05, 0) is 24.1 Å². The second kappa shape index (κ2) is 7.32. The summed E-state index contributed by atoms with van der Waals surface area (Å²) in [5, 5.41) is 7.30. The molecule has 1 aliphatic rings. The number of carbonyl (C=O) groups is 1. The average molecular weight is 365 g/mol. The van der Waals surface area contributed by atoms with E-state index in [1.807, 2.05) is 36.4 Å². The lowest BCUT2D eigenvalue weighted by Gasteiger charge is -2.26. The zero-order valence-corrected chi connectivity index (χ0v) is 15.0. The van der Waals surface area contributed by atoms with Crippen molar-refractivity contribution < 1.29 is 13.9 Å². The molecule has 0 fully saturated rings. The Hall–Kier alpha value is -2.99. The molecule has 6 heteroatoms. The lowest BCUT2D eigenvalue weighted by molar-refractivity contribution is 0.0723. The van der Waals surface area contributed by atoms with E-state index in [1.165, 1.54) is 12.1 Å². The van der Waals surface area contributed by atoms with Gasteiger partial charge in [-0.1, -0.05) is 42.5 Å². The standard InChI is InChI=1S/C21H20FN3O2/c1-27-12-6-11-25-20(15-9-5-10-16(22)13-15)17-18(14-7-3-2-4-8-14)23-24-19(17)21(25)26/h2-5,7-10,13,20H,6,11-12H2,1H3,(H,23,24). The fourth-order valence-electron chi connectivity index (χ4n) is 3.65. The number of hydrogen-bond acceptors (Lipinski definition) is 3. The molecule has 27 heavy (non-hydrogen) atoms. The van der Waals surface area contributed by atoms with Crippen LogP contribution in [0.2, 0.25) is 0 Å². The maximum absolute atomic E-state index is 13.9. The molecule has 0 radical (unpaired) electrons. The number of methoxy groups -OCH3 is 1. The first kappa shape index (κ1) is 17.4. The predicted molar refractivity (Wildman–Crippen MR) is 99.8 cm³/mol. The number of nitrogens with one attached hydrogen (secondary N) is 1. The summed E-state index contributed by atoms with van der Waals surface area (Å²) in [7, 11) is 1.63. The molecule has 1 atom stereocenters. The van der Waals surface area contributed by atoms with Crippen LogP contribution in [0.5, 0.6) is 0 Å². The van der Waals surface area contributed by atoms with Gasteiger partial charge in [-0.2, -0.15) is 5.10 Å². The van der Waals surface area contributed by atoms with Crippen molar-refractivity contribution in [3.05, 3.63) is 77.2 Å². The molecule has 0 saturated carbocycles. The highest BCUT2D eigenvalue weighted by Crippen LogP contribution is 2.42. The Morgan fingerprint density at radius 1 is 1.19 bits per heavy atom. The predicted octanol–water partition coefficient (Wildman–Crippen LogP) is 3.80. The van der Waals surface area contributed by atoms with E-state index in [4.69, 9.17) is 4.74 Å². The largest absolute Gasteiger partial charge is 0.385 e. The molecule has 1 N–H and O–H groups in total. The normalized spacial score (nSPS) is 16.0. The van der Waals surface area contributed by atoms with Crippen LogP contribution >= 0.6 is 0 Å². The number of rotatable bonds is 6. The van der Waals surface area contributed by atoms with Gasteiger partial charge >= 0.3 is 0 Å². The minimum absolute atomic E-state index is 0.120. The van der Waals surface area contributed by atoms with Gasteiger partial charge in [0.05, 0.1) is 11.7 Å². The zero-order chi connectivity index (χ0) is 18.8. The van der Waals surface area contributed by atoms with Gasteiger partial charge in [0.15, 0.2) is 0 Å². The van der Waals surface area contributed by atoms with Crippen LogP contribution in [0.4, 0.5) is 4.39 Å². The fraction of sp³-hybridized carbons (Fsp3) is 0.238. The van der Waals surface area contributed by atoms with Crippen molar-refractivity contribution in [1.82, 2.24) is 15.1 Å². The Morgan fingerprint density at radius 2 is 2.00 bits per heavy atom. The second-order valence-corrected chi connectivity index (χ2v) is 6.53. The van der Waals surface area contributed by atoms with E-state index < -0.39 is 0 Å². The summed E-state index contributed by atoms with van der Waals surface area (Å²) >= 11 is 0. The molecule has 1 aromatic heterocycles. The number of hydrogen-bond donors (Lipinski definition) is 1. The van der Waals surface area contributed by atoms with E-state index in [1.54, 1.807) is 18.1 Å². The highest BCUT2D eigenvalue weighted by atomic mass is 19.1. The van der Waals surface area contributed by atoms with Crippen LogP contribution in [0.15, 0.2) is 54.6 Å². The summed E-state index contributed by atoms with van der Waals surface area (Å²) in [6.07, 6.45) is 0.701. The van der Waals surface area contributed by atoms with Crippen molar-refractivity contribution in [3.8, 4) is 11.3 Å². The summed E-state index contributed by atoms with van der Waals surface area (Å²) in [6, 6.07) is 15.7. The molecule has 0 spiro atoms. The maximum Gasteiger partial charge on any atom is 0.273 e. The molecular formula is C21H20FN3O2. The third kappa shape index (κ3) is 3.13. The highest BCUT2D eigenvalue weighted by molar-refractivity contribution is 6.00. The molecular weight excluding hydrogens is 345 g/mol. The van der Waals surface area contributed by atoms with E-state index in [-0.39, 0.29) is 17.8 Å². The van der Waals surface area contributed by atoms with Gasteiger partial charge in [0.25, 0.3) is 5.91 Å². The number of amides is 1. The minimum Gasteiger partial charge on any atom is -0.385 e. The number of benzene rings is 2. The fourth-order valence-corrected chi connectivity index (χ4v) is 3.65. The number of nitrogens with zero attached hydrogens (tertiary/aromatic N) is 2. The van der Waals surface area contributed by atoms with Crippen LogP contribution in [0.1, 0.15) is 34.1 Å². The van der Waals surface area contributed by atoms with Crippen molar-refractivity contribution in [2.45, 2.75) is 12.5 Å². The molecule has 0 aliphatic carbocycles. The monoisotopic (exact) mass is 365 g/mol. The highest BCUT2D eigenvalue weighted by Gasteiger charge is 2.41. The first-order chi connectivity index (χ1) is 13.2. The number of H-pyrrole nitrogens is 1. The molecule has 3 aromatic rings. The topological polar surface area (TPSA) is 58.2 Å². The van der Waals surface area contributed by atoms with Gasteiger partial charge in [0, 0.05) is 31.4 Å². The number of carbonyl (C=O) groups excluding carboxylic acids is 1. The van der Waals surface area contributed by atoms with E-state index in [9.17, 15) is 9.18 Å².